The maximum absolute atomic E-state index is 13.3. The third kappa shape index (κ3) is 5.93. The van der Waals surface area contributed by atoms with E-state index in [1.807, 2.05) is 36.9 Å². The molecule has 36 heavy (non-hydrogen) atoms. The topological polar surface area (TPSA) is 114 Å². The zero-order valence-corrected chi connectivity index (χ0v) is 21.4. The Balaban J connectivity index is 1.48. The van der Waals surface area contributed by atoms with Gasteiger partial charge in [-0.15, -0.1) is 0 Å². The van der Waals surface area contributed by atoms with Gasteiger partial charge in [-0.2, -0.15) is 5.10 Å². The van der Waals surface area contributed by atoms with E-state index in [9.17, 15) is 9.59 Å². The van der Waals surface area contributed by atoms with E-state index in [1.54, 1.807) is 23.0 Å². The SMILES string of the molecule is COC(=O)Nc1cc(-c2nc(C)n(CCN(C(=O)Nc3cccc(Cl)c3C)C3CCCC3)n2)ccn1. The van der Waals surface area contributed by atoms with Crippen molar-refractivity contribution < 1.29 is 14.3 Å². The fourth-order valence-corrected chi connectivity index (χ4v) is 4.52. The summed E-state index contributed by atoms with van der Waals surface area (Å²) >= 11 is 6.24. The second kappa shape index (κ2) is 11.4. The lowest BCUT2D eigenvalue weighted by Gasteiger charge is -2.29. The molecule has 0 unspecified atom stereocenters. The predicted octanol–water partition coefficient (Wildman–Crippen LogP) is 5.27. The summed E-state index contributed by atoms with van der Waals surface area (Å²) in [6, 6.07) is 8.99. The van der Waals surface area contributed by atoms with E-state index in [-0.39, 0.29) is 12.1 Å². The number of amides is 3. The number of rotatable bonds is 7. The van der Waals surface area contributed by atoms with Crippen molar-refractivity contribution in [2.24, 2.45) is 0 Å². The van der Waals surface area contributed by atoms with Crippen molar-refractivity contribution in [1.29, 1.82) is 0 Å². The molecule has 2 heterocycles. The highest BCUT2D eigenvalue weighted by Crippen LogP contribution is 2.27. The molecule has 3 amide bonds. The monoisotopic (exact) mass is 511 g/mol. The number of aromatic nitrogens is 4. The maximum Gasteiger partial charge on any atom is 0.412 e. The van der Waals surface area contributed by atoms with Gasteiger partial charge in [0.05, 0.1) is 13.7 Å². The normalized spacial score (nSPS) is 13.4. The standard InChI is InChI=1S/C25H30ClN7O3/c1-16-20(26)9-6-10-21(16)29-24(34)32(19-7-4-5-8-19)13-14-33-17(2)28-23(31-33)18-11-12-27-22(15-18)30-25(35)36-3/h6,9-12,15,19H,4-5,7-8,13-14H2,1-3H3,(H,29,34)(H,27,30,35). The average molecular weight is 512 g/mol. The maximum atomic E-state index is 13.3. The van der Waals surface area contributed by atoms with Crippen LogP contribution in [0.25, 0.3) is 11.4 Å². The number of anilines is 2. The molecule has 0 saturated heterocycles. The number of aryl methyl sites for hydroxylation is 1. The van der Waals surface area contributed by atoms with Crippen LogP contribution in [0.3, 0.4) is 0 Å². The summed E-state index contributed by atoms with van der Waals surface area (Å²) in [5, 5.41) is 10.8. The molecule has 10 nitrogen and oxygen atoms in total. The van der Waals surface area contributed by atoms with Crippen LogP contribution in [0.5, 0.6) is 0 Å². The Morgan fingerprint density at radius 3 is 2.72 bits per heavy atom. The molecule has 4 rings (SSSR count). The number of halogens is 1. The Bertz CT molecular complexity index is 1240. The summed E-state index contributed by atoms with van der Waals surface area (Å²) in [6.45, 7) is 4.75. The molecule has 1 aliphatic rings. The lowest BCUT2D eigenvalue weighted by atomic mass is 10.2. The van der Waals surface area contributed by atoms with E-state index in [1.165, 1.54) is 7.11 Å². The fourth-order valence-electron chi connectivity index (χ4n) is 4.35. The van der Waals surface area contributed by atoms with E-state index in [4.69, 9.17) is 11.6 Å². The first-order valence-electron chi connectivity index (χ1n) is 11.9. The number of nitrogens with one attached hydrogen (secondary N) is 2. The van der Waals surface area contributed by atoms with Gasteiger partial charge < -0.3 is 15.0 Å². The van der Waals surface area contributed by atoms with Crippen LogP contribution in [-0.4, -0.2) is 56.5 Å². The number of benzene rings is 1. The number of carbonyl (C=O) groups excluding carboxylic acids is 2. The van der Waals surface area contributed by atoms with Gasteiger partial charge in [-0.05, 0) is 56.5 Å². The molecule has 3 aromatic rings. The van der Waals surface area contributed by atoms with Gasteiger partial charge in [-0.1, -0.05) is 30.5 Å². The van der Waals surface area contributed by atoms with Crippen molar-refractivity contribution >= 4 is 35.2 Å². The van der Waals surface area contributed by atoms with Crippen LogP contribution in [0.1, 0.15) is 37.1 Å². The molecule has 11 heteroatoms. The molecule has 0 bridgehead atoms. The van der Waals surface area contributed by atoms with Crippen molar-refractivity contribution in [3.63, 3.8) is 0 Å². The summed E-state index contributed by atoms with van der Waals surface area (Å²) in [7, 11) is 1.29. The van der Waals surface area contributed by atoms with E-state index in [2.05, 4.69) is 30.4 Å². The Hall–Kier alpha value is -3.66. The molecule has 0 atom stereocenters. The Kier molecular flexibility index (Phi) is 8.04. The molecule has 1 aromatic carbocycles. The zero-order valence-electron chi connectivity index (χ0n) is 20.6. The first-order valence-corrected chi connectivity index (χ1v) is 12.3. The highest BCUT2D eigenvalue weighted by molar-refractivity contribution is 6.31. The van der Waals surface area contributed by atoms with E-state index < -0.39 is 6.09 Å². The molecule has 1 saturated carbocycles. The number of ether oxygens (including phenoxy) is 1. The number of hydrogen-bond donors (Lipinski definition) is 2. The molecular weight excluding hydrogens is 482 g/mol. The van der Waals surface area contributed by atoms with Crippen LogP contribution in [-0.2, 0) is 11.3 Å². The molecule has 2 N–H and O–H groups in total. The second-order valence-corrected chi connectivity index (χ2v) is 9.13. The molecule has 1 fully saturated rings. The van der Waals surface area contributed by atoms with E-state index in [0.29, 0.717) is 41.0 Å². The van der Waals surface area contributed by atoms with Gasteiger partial charge in [-0.25, -0.2) is 24.2 Å². The van der Waals surface area contributed by atoms with Gasteiger partial charge in [0.2, 0.25) is 0 Å². The first kappa shape index (κ1) is 25.4. The van der Waals surface area contributed by atoms with Crippen molar-refractivity contribution in [2.45, 2.75) is 52.1 Å². The van der Waals surface area contributed by atoms with Gasteiger partial charge in [-0.3, -0.25) is 5.32 Å². The van der Waals surface area contributed by atoms with Crippen LogP contribution in [0.4, 0.5) is 21.1 Å². The summed E-state index contributed by atoms with van der Waals surface area (Å²) < 4.78 is 6.41. The minimum absolute atomic E-state index is 0.141. The Morgan fingerprint density at radius 2 is 1.97 bits per heavy atom. The van der Waals surface area contributed by atoms with Crippen molar-refractivity contribution in [3.05, 3.63) is 52.9 Å². The quantitative estimate of drug-likeness (QED) is 0.447. The molecule has 0 aliphatic heterocycles. The molecular formula is C25H30ClN7O3. The summed E-state index contributed by atoms with van der Waals surface area (Å²) in [4.78, 5) is 35.4. The van der Waals surface area contributed by atoms with Gasteiger partial charge in [0.1, 0.15) is 11.6 Å². The largest absolute Gasteiger partial charge is 0.453 e. The number of urea groups is 1. The molecule has 0 radical (unpaired) electrons. The Labute approximate surface area is 215 Å². The fraction of sp³-hybridized carbons (Fsp3) is 0.400. The molecule has 190 valence electrons. The average Bonchev–Trinajstić information content (AvgIpc) is 3.52. The lowest BCUT2D eigenvalue weighted by molar-refractivity contribution is 0.184. The van der Waals surface area contributed by atoms with Gasteiger partial charge in [0.15, 0.2) is 5.82 Å². The van der Waals surface area contributed by atoms with Crippen LogP contribution in [0.2, 0.25) is 5.02 Å². The van der Waals surface area contributed by atoms with E-state index >= 15 is 0 Å². The number of pyridine rings is 1. The van der Waals surface area contributed by atoms with Crippen LogP contribution < -0.4 is 10.6 Å². The van der Waals surface area contributed by atoms with Crippen LogP contribution in [0, 0.1) is 13.8 Å². The third-order valence-corrected chi connectivity index (χ3v) is 6.79. The number of nitrogens with zero attached hydrogens (tertiary/aromatic N) is 5. The predicted molar refractivity (Wildman–Crippen MR) is 138 cm³/mol. The minimum Gasteiger partial charge on any atom is -0.453 e. The van der Waals surface area contributed by atoms with Crippen molar-refractivity contribution in [2.75, 3.05) is 24.3 Å². The Morgan fingerprint density at radius 1 is 1.19 bits per heavy atom. The lowest BCUT2D eigenvalue weighted by Crippen LogP contribution is -2.43. The molecule has 0 spiro atoms. The zero-order chi connectivity index (χ0) is 25.7. The van der Waals surface area contributed by atoms with Gasteiger partial charge in [0, 0.05) is 35.1 Å². The van der Waals surface area contributed by atoms with Crippen molar-refractivity contribution in [3.8, 4) is 11.4 Å². The number of hydrogen-bond acceptors (Lipinski definition) is 6. The minimum atomic E-state index is -0.604. The smallest absolute Gasteiger partial charge is 0.412 e. The third-order valence-electron chi connectivity index (χ3n) is 6.38. The number of methoxy groups -OCH3 is 1. The second-order valence-electron chi connectivity index (χ2n) is 8.73. The van der Waals surface area contributed by atoms with Crippen LogP contribution >= 0.6 is 11.6 Å². The van der Waals surface area contributed by atoms with Crippen molar-refractivity contribution in [1.82, 2.24) is 24.6 Å². The first-order chi connectivity index (χ1) is 17.4. The molecule has 2 aromatic heterocycles. The van der Waals surface area contributed by atoms with Gasteiger partial charge >= 0.3 is 12.1 Å². The number of carbonyl (C=O) groups is 2. The molecule has 1 aliphatic carbocycles. The summed E-state index contributed by atoms with van der Waals surface area (Å²) in [6.07, 6.45) is 5.16. The highest BCUT2D eigenvalue weighted by Gasteiger charge is 2.27. The van der Waals surface area contributed by atoms with Gasteiger partial charge in [0.25, 0.3) is 0 Å². The van der Waals surface area contributed by atoms with Crippen LogP contribution in [0.15, 0.2) is 36.5 Å². The highest BCUT2D eigenvalue weighted by atomic mass is 35.5. The summed E-state index contributed by atoms with van der Waals surface area (Å²) in [5.74, 6) is 1.57. The summed E-state index contributed by atoms with van der Waals surface area (Å²) in [5.41, 5.74) is 2.26. The van der Waals surface area contributed by atoms with E-state index in [0.717, 1.165) is 37.1 Å².